The number of rotatable bonds is 3. The molecule has 0 saturated carbocycles. The molecular weight excluding hydrogens is 164 g/mol. The molecule has 1 aliphatic rings. The van der Waals surface area contributed by atoms with E-state index >= 15 is 0 Å². The third kappa shape index (κ3) is 2.70. The van der Waals surface area contributed by atoms with Crippen LogP contribution in [0.5, 0.6) is 0 Å². The molecule has 72 valence electrons. The summed E-state index contributed by atoms with van der Waals surface area (Å²) in [5.74, 6) is 0. The van der Waals surface area contributed by atoms with Crippen LogP contribution in [0.1, 0.15) is 13.3 Å². The molecule has 0 aromatic heterocycles. The van der Waals surface area contributed by atoms with Crippen LogP contribution in [0.4, 0.5) is 0 Å². The zero-order valence-corrected chi connectivity index (χ0v) is 8.03. The largest absolute Gasteiger partial charge is 0.411 e. The van der Waals surface area contributed by atoms with E-state index in [4.69, 9.17) is 5.21 Å². The average molecular weight is 180 g/mol. The maximum Gasteiger partial charge on any atom is 0.0806 e. The third-order valence-corrected chi connectivity index (χ3v) is 2.23. The summed E-state index contributed by atoms with van der Waals surface area (Å²) in [6.07, 6.45) is 5.05. The molecule has 0 amide bonds. The van der Waals surface area contributed by atoms with Gasteiger partial charge in [0.1, 0.15) is 0 Å². The van der Waals surface area contributed by atoms with E-state index in [-0.39, 0.29) is 0 Å². The van der Waals surface area contributed by atoms with Crippen molar-refractivity contribution in [1.82, 2.24) is 4.90 Å². The lowest BCUT2D eigenvalue weighted by molar-refractivity contribution is 0.311. The van der Waals surface area contributed by atoms with E-state index in [2.05, 4.69) is 22.7 Å². The van der Waals surface area contributed by atoms with Crippen molar-refractivity contribution in [2.24, 2.45) is 5.16 Å². The molecule has 0 aliphatic carbocycles. The zero-order valence-electron chi connectivity index (χ0n) is 8.03. The molecule has 0 atom stereocenters. The molecule has 13 heavy (non-hydrogen) atoms. The summed E-state index contributed by atoms with van der Waals surface area (Å²) >= 11 is 0. The molecular formula is C10H16N2O. The second kappa shape index (κ2) is 4.82. The van der Waals surface area contributed by atoms with Gasteiger partial charge in [-0.05, 0) is 18.9 Å². The first kappa shape index (κ1) is 9.99. The fourth-order valence-electron chi connectivity index (χ4n) is 1.47. The van der Waals surface area contributed by atoms with E-state index in [1.165, 1.54) is 0 Å². The molecule has 0 radical (unpaired) electrons. The average Bonchev–Trinajstić information content (AvgIpc) is 2.18. The summed E-state index contributed by atoms with van der Waals surface area (Å²) in [4.78, 5) is 2.27. The summed E-state index contributed by atoms with van der Waals surface area (Å²) in [6.45, 7) is 8.35. The third-order valence-electron chi connectivity index (χ3n) is 2.23. The van der Waals surface area contributed by atoms with Gasteiger partial charge in [0.25, 0.3) is 0 Å². The van der Waals surface area contributed by atoms with Crippen molar-refractivity contribution in [1.29, 1.82) is 0 Å². The molecule has 0 unspecified atom stereocenters. The molecule has 0 aromatic carbocycles. The van der Waals surface area contributed by atoms with Crippen molar-refractivity contribution in [2.75, 3.05) is 19.6 Å². The maximum atomic E-state index is 8.61. The summed E-state index contributed by atoms with van der Waals surface area (Å²) in [7, 11) is 0. The molecule has 1 heterocycles. The van der Waals surface area contributed by atoms with Crippen molar-refractivity contribution in [2.45, 2.75) is 13.3 Å². The predicted octanol–water partition coefficient (Wildman–Crippen LogP) is 1.65. The fraction of sp³-hybridized carbons (Fsp3) is 0.500. The Labute approximate surface area is 79.0 Å². The Hall–Kier alpha value is -1.09. The fourth-order valence-corrected chi connectivity index (χ4v) is 1.47. The van der Waals surface area contributed by atoms with Gasteiger partial charge in [0.2, 0.25) is 0 Å². The molecule has 1 rings (SSSR count). The van der Waals surface area contributed by atoms with Gasteiger partial charge in [0, 0.05) is 19.6 Å². The molecule has 0 saturated heterocycles. The van der Waals surface area contributed by atoms with E-state index in [0.717, 1.165) is 31.6 Å². The van der Waals surface area contributed by atoms with Crippen LogP contribution in [0.15, 0.2) is 29.5 Å². The summed E-state index contributed by atoms with van der Waals surface area (Å²) in [5, 5.41) is 11.8. The molecule has 0 aromatic rings. The second-order valence-electron chi connectivity index (χ2n) is 3.23. The Morgan fingerprint density at radius 3 is 3.23 bits per heavy atom. The molecule has 0 bridgehead atoms. The van der Waals surface area contributed by atoms with Gasteiger partial charge < -0.3 is 5.21 Å². The maximum absolute atomic E-state index is 8.61. The van der Waals surface area contributed by atoms with Crippen LogP contribution >= 0.6 is 0 Å². The number of hydrogen-bond donors (Lipinski definition) is 1. The zero-order chi connectivity index (χ0) is 9.68. The van der Waals surface area contributed by atoms with E-state index in [1.54, 1.807) is 0 Å². The Morgan fingerprint density at radius 1 is 1.85 bits per heavy atom. The second-order valence-corrected chi connectivity index (χ2v) is 3.23. The van der Waals surface area contributed by atoms with Crippen molar-refractivity contribution in [3.63, 3.8) is 0 Å². The Kier molecular flexibility index (Phi) is 3.71. The number of oxime groups is 1. The van der Waals surface area contributed by atoms with Crippen LogP contribution < -0.4 is 0 Å². The van der Waals surface area contributed by atoms with Crippen LogP contribution in [-0.4, -0.2) is 35.5 Å². The lowest BCUT2D eigenvalue weighted by Gasteiger charge is -2.25. The Balaban J connectivity index is 2.58. The lowest BCUT2D eigenvalue weighted by Crippen LogP contribution is -2.31. The predicted molar refractivity (Wildman–Crippen MR) is 54.2 cm³/mol. The van der Waals surface area contributed by atoms with Gasteiger partial charge >= 0.3 is 0 Å². The lowest BCUT2D eigenvalue weighted by atomic mass is 10.1. The highest BCUT2D eigenvalue weighted by Crippen LogP contribution is 2.10. The van der Waals surface area contributed by atoms with Gasteiger partial charge in [0.15, 0.2) is 0 Å². The van der Waals surface area contributed by atoms with E-state index in [1.807, 2.05) is 13.0 Å². The van der Waals surface area contributed by atoms with Crippen LogP contribution in [0.2, 0.25) is 0 Å². The molecule has 1 aliphatic heterocycles. The van der Waals surface area contributed by atoms with Crippen LogP contribution in [0.3, 0.4) is 0 Å². The highest BCUT2D eigenvalue weighted by atomic mass is 16.4. The van der Waals surface area contributed by atoms with Gasteiger partial charge in [-0.2, -0.15) is 0 Å². The van der Waals surface area contributed by atoms with Gasteiger partial charge in [-0.15, -0.1) is 6.58 Å². The topological polar surface area (TPSA) is 35.8 Å². The first-order chi connectivity index (χ1) is 6.27. The Morgan fingerprint density at radius 2 is 2.62 bits per heavy atom. The molecule has 3 nitrogen and oxygen atoms in total. The summed E-state index contributed by atoms with van der Waals surface area (Å²) in [6, 6.07) is 0. The van der Waals surface area contributed by atoms with E-state index in [0.29, 0.717) is 5.71 Å². The summed E-state index contributed by atoms with van der Waals surface area (Å²) < 4.78 is 0. The first-order valence-corrected chi connectivity index (χ1v) is 4.49. The van der Waals surface area contributed by atoms with Crippen molar-refractivity contribution in [3.8, 4) is 0 Å². The monoisotopic (exact) mass is 180 g/mol. The van der Waals surface area contributed by atoms with Gasteiger partial charge in [-0.1, -0.05) is 17.3 Å². The first-order valence-electron chi connectivity index (χ1n) is 4.49. The highest BCUT2D eigenvalue weighted by Gasteiger charge is 2.12. The van der Waals surface area contributed by atoms with Gasteiger partial charge in [-0.25, -0.2) is 0 Å². The highest BCUT2D eigenvalue weighted by molar-refractivity contribution is 5.98. The molecule has 0 spiro atoms. The molecule has 1 N–H and O–H groups in total. The Bertz CT molecular complexity index is 243. The molecule has 0 fully saturated rings. The van der Waals surface area contributed by atoms with Crippen molar-refractivity contribution in [3.05, 3.63) is 24.3 Å². The minimum Gasteiger partial charge on any atom is -0.411 e. The SMILES string of the molecule is C=CCN1CCC=C(/C(C)=N/O)C1. The van der Waals surface area contributed by atoms with Gasteiger partial charge in [0.05, 0.1) is 5.71 Å². The van der Waals surface area contributed by atoms with E-state index < -0.39 is 0 Å². The molecule has 3 heteroatoms. The standard InChI is InChI=1S/C10H16N2O/c1-3-6-12-7-4-5-10(8-12)9(2)11-13/h3,5,13H,1,4,6-8H2,2H3/b11-9+. The summed E-state index contributed by atoms with van der Waals surface area (Å²) in [5.41, 5.74) is 1.84. The van der Waals surface area contributed by atoms with Crippen molar-refractivity contribution < 1.29 is 5.21 Å². The van der Waals surface area contributed by atoms with Crippen LogP contribution in [0.25, 0.3) is 0 Å². The number of nitrogens with zero attached hydrogens (tertiary/aromatic N) is 2. The quantitative estimate of drug-likeness (QED) is 0.310. The van der Waals surface area contributed by atoms with Crippen molar-refractivity contribution >= 4 is 5.71 Å². The smallest absolute Gasteiger partial charge is 0.0806 e. The minimum atomic E-state index is 0.716. The normalized spacial score (nSPS) is 19.8. The van der Waals surface area contributed by atoms with E-state index in [9.17, 15) is 0 Å². The van der Waals surface area contributed by atoms with Crippen LogP contribution in [0, 0.1) is 0 Å². The van der Waals surface area contributed by atoms with Crippen LogP contribution in [-0.2, 0) is 0 Å². The van der Waals surface area contributed by atoms with Gasteiger partial charge in [-0.3, -0.25) is 4.90 Å². The number of hydrogen-bond acceptors (Lipinski definition) is 3. The minimum absolute atomic E-state index is 0.716.